The number of carboxylic acid groups (broad SMARTS) is 1. The van der Waals surface area contributed by atoms with Crippen molar-refractivity contribution >= 4 is 11.9 Å². The summed E-state index contributed by atoms with van der Waals surface area (Å²) in [6.07, 6.45) is 4.42. The van der Waals surface area contributed by atoms with E-state index in [2.05, 4.69) is 11.9 Å². The molecule has 0 aromatic heterocycles. The third-order valence-corrected chi connectivity index (χ3v) is 4.90. The number of carbonyl (C=O) groups is 2. The maximum absolute atomic E-state index is 12.5. The van der Waals surface area contributed by atoms with Crippen molar-refractivity contribution in [2.45, 2.75) is 51.5 Å². The molecule has 5 heteroatoms. The Morgan fingerprint density at radius 2 is 1.85 bits per heavy atom. The Balaban J connectivity index is 2.03. The number of amides is 1. The van der Waals surface area contributed by atoms with Gasteiger partial charge in [0.15, 0.2) is 0 Å². The molecule has 20 heavy (non-hydrogen) atoms. The van der Waals surface area contributed by atoms with E-state index in [1.54, 1.807) is 0 Å². The third-order valence-electron chi connectivity index (χ3n) is 4.90. The monoisotopic (exact) mass is 282 g/mol. The van der Waals surface area contributed by atoms with E-state index in [0.29, 0.717) is 19.4 Å². The van der Waals surface area contributed by atoms with Gasteiger partial charge in [0.1, 0.15) is 0 Å². The molecule has 0 bridgehead atoms. The second-order valence-electron chi connectivity index (χ2n) is 6.52. The molecule has 1 saturated heterocycles. The molecule has 1 aliphatic carbocycles. The molecule has 114 valence electrons. The molecule has 0 aromatic carbocycles. The Morgan fingerprint density at radius 1 is 1.20 bits per heavy atom. The molecule has 2 rings (SSSR count). The largest absolute Gasteiger partial charge is 0.481 e. The molecule has 2 aliphatic rings. The van der Waals surface area contributed by atoms with Crippen molar-refractivity contribution in [2.75, 3.05) is 26.7 Å². The molecule has 0 radical (unpaired) electrons. The van der Waals surface area contributed by atoms with Crippen LogP contribution in [0.1, 0.15) is 45.4 Å². The topological polar surface area (TPSA) is 60.9 Å². The van der Waals surface area contributed by atoms with Crippen molar-refractivity contribution < 1.29 is 14.7 Å². The first-order valence-corrected chi connectivity index (χ1v) is 7.66. The van der Waals surface area contributed by atoms with Crippen LogP contribution < -0.4 is 0 Å². The first kappa shape index (κ1) is 15.3. The van der Waals surface area contributed by atoms with Crippen LogP contribution >= 0.6 is 0 Å². The summed E-state index contributed by atoms with van der Waals surface area (Å²) in [5.41, 5.74) is -0.807. The fourth-order valence-corrected chi connectivity index (χ4v) is 3.60. The van der Waals surface area contributed by atoms with Gasteiger partial charge in [-0.05, 0) is 26.8 Å². The first-order valence-electron chi connectivity index (χ1n) is 7.66. The molecule has 0 aromatic rings. The molecule has 1 saturated carbocycles. The molecule has 1 aliphatic heterocycles. The Kier molecular flexibility index (Phi) is 4.68. The summed E-state index contributed by atoms with van der Waals surface area (Å²) in [5.74, 6) is -0.762. The van der Waals surface area contributed by atoms with Crippen molar-refractivity contribution in [3.63, 3.8) is 0 Å². The van der Waals surface area contributed by atoms with E-state index in [4.69, 9.17) is 0 Å². The van der Waals surface area contributed by atoms with Gasteiger partial charge in [-0.25, -0.2) is 0 Å². The number of carbonyl (C=O) groups excluding carboxylic acids is 1. The molecular weight excluding hydrogens is 256 g/mol. The van der Waals surface area contributed by atoms with Gasteiger partial charge in [-0.15, -0.1) is 0 Å². The van der Waals surface area contributed by atoms with Gasteiger partial charge in [0, 0.05) is 32.1 Å². The highest BCUT2D eigenvalue weighted by atomic mass is 16.4. The lowest BCUT2D eigenvalue weighted by Gasteiger charge is -2.40. The fourth-order valence-electron chi connectivity index (χ4n) is 3.60. The minimum absolute atomic E-state index is 0.0231. The molecular formula is C15H26N2O3. The fraction of sp³-hybridized carbons (Fsp3) is 0.867. The van der Waals surface area contributed by atoms with Crippen LogP contribution in [0.15, 0.2) is 0 Å². The number of hydrogen-bond donors (Lipinski definition) is 1. The standard InChI is InChI=1S/C15H26N2O3/c1-12-11-16(2)8-9-17(12)13(18)10-15(14(19)20)6-4-3-5-7-15/h12H,3-11H2,1-2H3,(H,19,20). The average Bonchev–Trinajstić information content (AvgIpc) is 2.39. The second kappa shape index (κ2) is 6.12. The highest BCUT2D eigenvalue weighted by Crippen LogP contribution is 2.40. The van der Waals surface area contributed by atoms with Crippen LogP contribution in [0.2, 0.25) is 0 Å². The average molecular weight is 282 g/mol. The van der Waals surface area contributed by atoms with E-state index in [1.807, 2.05) is 11.8 Å². The lowest BCUT2D eigenvalue weighted by Crippen LogP contribution is -2.54. The number of carboxylic acids is 1. The Labute approximate surface area is 120 Å². The summed E-state index contributed by atoms with van der Waals surface area (Å²) >= 11 is 0. The van der Waals surface area contributed by atoms with Gasteiger partial charge >= 0.3 is 5.97 Å². The van der Waals surface area contributed by atoms with Gasteiger partial charge in [-0.2, -0.15) is 0 Å². The molecule has 1 amide bonds. The normalized spacial score (nSPS) is 27.3. The Bertz CT molecular complexity index is 377. The maximum Gasteiger partial charge on any atom is 0.310 e. The third kappa shape index (κ3) is 3.14. The van der Waals surface area contributed by atoms with Gasteiger partial charge in [-0.3, -0.25) is 9.59 Å². The van der Waals surface area contributed by atoms with E-state index in [-0.39, 0.29) is 18.4 Å². The van der Waals surface area contributed by atoms with Crippen molar-refractivity contribution in [3.8, 4) is 0 Å². The van der Waals surface area contributed by atoms with Gasteiger partial charge in [0.2, 0.25) is 5.91 Å². The van der Waals surface area contributed by atoms with Crippen LogP contribution in [0, 0.1) is 5.41 Å². The zero-order chi connectivity index (χ0) is 14.8. The van der Waals surface area contributed by atoms with Crippen LogP contribution in [0.5, 0.6) is 0 Å². The first-order chi connectivity index (χ1) is 9.44. The van der Waals surface area contributed by atoms with Crippen molar-refractivity contribution in [2.24, 2.45) is 5.41 Å². The SMILES string of the molecule is CC1CN(C)CCN1C(=O)CC1(C(=O)O)CCCCC1. The van der Waals surface area contributed by atoms with Gasteiger partial charge in [0.25, 0.3) is 0 Å². The van der Waals surface area contributed by atoms with Crippen molar-refractivity contribution in [1.82, 2.24) is 9.80 Å². The molecule has 0 spiro atoms. The van der Waals surface area contributed by atoms with Gasteiger partial charge in [0.05, 0.1) is 5.41 Å². The number of hydrogen-bond acceptors (Lipinski definition) is 3. The summed E-state index contributed by atoms with van der Waals surface area (Å²) < 4.78 is 0. The Hall–Kier alpha value is -1.10. The summed E-state index contributed by atoms with van der Waals surface area (Å²) in [5, 5.41) is 9.56. The van der Waals surface area contributed by atoms with E-state index in [0.717, 1.165) is 32.4 Å². The van der Waals surface area contributed by atoms with E-state index in [9.17, 15) is 14.7 Å². The molecule has 1 atom stereocenters. The highest BCUT2D eigenvalue weighted by Gasteiger charge is 2.43. The number of nitrogens with zero attached hydrogens (tertiary/aromatic N) is 2. The van der Waals surface area contributed by atoms with E-state index in [1.165, 1.54) is 0 Å². The quantitative estimate of drug-likeness (QED) is 0.853. The Morgan fingerprint density at radius 3 is 2.40 bits per heavy atom. The molecule has 2 fully saturated rings. The second-order valence-corrected chi connectivity index (χ2v) is 6.52. The van der Waals surface area contributed by atoms with Crippen LogP contribution in [-0.4, -0.2) is 59.5 Å². The van der Waals surface area contributed by atoms with Crippen LogP contribution in [-0.2, 0) is 9.59 Å². The summed E-state index contributed by atoms with van der Waals surface area (Å²) in [6.45, 7) is 4.50. The lowest BCUT2D eigenvalue weighted by molar-refractivity contribution is -0.157. The molecule has 5 nitrogen and oxygen atoms in total. The summed E-state index contributed by atoms with van der Waals surface area (Å²) in [7, 11) is 2.05. The predicted octanol–water partition coefficient (Wildman–Crippen LogP) is 1.57. The number of likely N-dealkylation sites (N-methyl/N-ethyl adjacent to an activating group) is 1. The lowest BCUT2D eigenvalue weighted by atomic mass is 9.71. The minimum Gasteiger partial charge on any atom is -0.481 e. The number of piperazine rings is 1. The highest BCUT2D eigenvalue weighted by molar-refractivity contribution is 5.85. The number of aliphatic carboxylic acids is 1. The number of rotatable bonds is 3. The van der Waals surface area contributed by atoms with Crippen LogP contribution in [0.25, 0.3) is 0 Å². The van der Waals surface area contributed by atoms with Crippen molar-refractivity contribution in [3.05, 3.63) is 0 Å². The molecule has 1 N–H and O–H groups in total. The van der Waals surface area contributed by atoms with Crippen LogP contribution in [0.4, 0.5) is 0 Å². The molecule has 1 heterocycles. The van der Waals surface area contributed by atoms with Crippen LogP contribution in [0.3, 0.4) is 0 Å². The van der Waals surface area contributed by atoms with E-state index >= 15 is 0 Å². The molecule has 1 unspecified atom stereocenters. The van der Waals surface area contributed by atoms with Gasteiger partial charge < -0.3 is 14.9 Å². The zero-order valence-corrected chi connectivity index (χ0v) is 12.6. The summed E-state index contributed by atoms with van der Waals surface area (Å²) in [6, 6.07) is 0.177. The smallest absolute Gasteiger partial charge is 0.310 e. The zero-order valence-electron chi connectivity index (χ0n) is 12.6. The van der Waals surface area contributed by atoms with Gasteiger partial charge in [-0.1, -0.05) is 19.3 Å². The maximum atomic E-state index is 12.5. The minimum atomic E-state index is -0.807. The van der Waals surface area contributed by atoms with Crippen molar-refractivity contribution in [1.29, 1.82) is 0 Å². The van der Waals surface area contributed by atoms with E-state index < -0.39 is 11.4 Å². The predicted molar refractivity (Wildman–Crippen MR) is 76.4 cm³/mol. The summed E-state index contributed by atoms with van der Waals surface area (Å²) in [4.78, 5) is 28.3.